The minimum absolute atomic E-state index is 0.111. The van der Waals surface area contributed by atoms with E-state index in [1.807, 2.05) is 0 Å². The number of nitrogens with one attached hydrogen (secondary N) is 1. The number of anilines is 1. The maximum Gasteiger partial charge on any atom is 0.162 e. The Morgan fingerprint density at radius 3 is 3.17 bits per heavy atom. The average Bonchev–Trinajstić information content (AvgIpc) is 3.09. The van der Waals surface area contributed by atoms with Gasteiger partial charge in [-0.05, 0) is 36.9 Å². The third-order valence-electron chi connectivity index (χ3n) is 7.48. The number of fused-ring (bicyclic) bond motifs is 2. The predicted molar refractivity (Wildman–Crippen MR) is 91.9 cm³/mol. The van der Waals surface area contributed by atoms with Gasteiger partial charge in [0, 0.05) is 42.8 Å². The summed E-state index contributed by atoms with van der Waals surface area (Å²) < 4.78 is 12.0. The summed E-state index contributed by atoms with van der Waals surface area (Å²) in [4.78, 5) is 2.74. The molecule has 2 saturated heterocycles. The van der Waals surface area contributed by atoms with Crippen molar-refractivity contribution in [1.82, 2.24) is 4.90 Å². The van der Waals surface area contributed by atoms with E-state index in [1.54, 1.807) is 12.7 Å². The van der Waals surface area contributed by atoms with Crippen molar-refractivity contribution in [3.05, 3.63) is 41.5 Å². The van der Waals surface area contributed by atoms with Crippen LogP contribution in [0.1, 0.15) is 18.4 Å². The molecule has 6 atom stereocenters. The van der Waals surface area contributed by atoms with E-state index >= 15 is 0 Å². The number of ether oxygens (including phenoxy) is 2. The molecule has 24 heavy (non-hydrogen) atoms. The van der Waals surface area contributed by atoms with Crippen LogP contribution in [0.5, 0.6) is 0 Å². The third-order valence-corrected chi connectivity index (χ3v) is 7.48. The highest BCUT2D eigenvalue weighted by Gasteiger charge is 2.66. The third kappa shape index (κ3) is 1.47. The summed E-state index contributed by atoms with van der Waals surface area (Å²) in [5, 5.41) is 3.92. The van der Waals surface area contributed by atoms with Crippen LogP contribution in [0.4, 0.5) is 5.69 Å². The maximum absolute atomic E-state index is 6.13. The van der Waals surface area contributed by atoms with E-state index in [9.17, 15) is 0 Å². The minimum atomic E-state index is -0.111. The zero-order chi connectivity index (χ0) is 15.9. The van der Waals surface area contributed by atoms with Crippen molar-refractivity contribution in [2.45, 2.75) is 36.6 Å². The fourth-order valence-electron chi connectivity index (χ4n) is 6.65. The first-order chi connectivity index (χ1) is 11.8. The van der Waals surface area contributed by atoms with E-state index < -0.39 is 0 Å². The summed E-state index contributed by atoms with van der Waals surface area (Å²) in [5.41, 5.74) is 4.69. The molecule has 1 aromatic carbocycles. The first-order valence-corrected chi connectivity index (χ1v) is 9.26. The van der Waals surface area contributed by atoms with Gasteiger partial charge in [0.25, 0.3) is 0 Å². The van der Waals surface area contributed by atoms with Gasteiger partial charge in [0.15, 0.2) is 6.29 Å². The van der Waals surface area contributed by atoms with Crippen molar-refractivity contribution in [3.8, 4) is 0 Å². The number of hydrogen-bond donors (Lipinski definition) is 1. The zero-order valence-corrected chi connectivity index (χ0v) is 14.1. The van der Waals surface area contributed by atoms with E-state index in [4.69, 9.17) is 9.47 Å². The zero-order valence-electron chi connectivity index (χ0n) is 14.1. The summed E-state index contributed by atoms with van der Waals surface area (Å²) >= 11 is 0. The molecule has 0 amide bonds. The maximum atomic E-state index is 6.13. The Morgan fingerprint density at radius 1 is 1.33 bits per heavy atom. The van der Waals surface area contributed by atoms with Crippen LogP contribution >= 0.6 is 0 Å². The Balaban J connectivity index is 1.58. The Labute approximate surface area is 142 Å². The van der Waals surface area contributed by atoms with Gasteiger partial charge in [0.2, 0.25) is 0 Å². The highest BCUT2D eigenvalue weighted by atomic mass is 16.7. The van der Waals surface area contributed by atoms with Gasteiger partial charge < -0.3 is 14.8 Å². The Kier molecular flexibility index (Phi) is 2.68. The van der Waals surface area contributed by atoms with Crippen molar-refractivity contribution >= 4 is 5.69 Å². The summed E-state index contributed by atoms with van der Waals surface area (Å²) in [6.45, 7) is 3.03. The molecule has 3 fully saturated rings. The molecule has 1 saturated carbocycles. The molecular formula is C20H24N2O2. The van der Waals surface area contributed by atoms with Gasteiger partial charge in [0.1, 0.15) is 0 Å². The fourth-order valence-corrected chi connectivity index (χ4v) is 6.65. The topological polar surface area (TPSA) is 33.7 Å². The van der Waals surface area contributed by atoms with Crippen molar-refractivity contribution < 1.29 is 9.47 Å². The lowest BCUT2D eigenvalue weighted by Gasteiger charge is -2.55. The van der Waals surface area contributed by atoms with Crippen molar-refractivity contribution in [1.29, 1.82) is 0 Å². The second kappa shape index (κ2) is 4.63. The standard InChI is InChI=1S/C20H24N2O2/c1-23-19-17-13-10-16-20(7-8-22(16)11-12(13)6-9-24-19)14-4-2-3-5-15(14)21-18(17)20/h2-6,13,16-19,21H,7-11H2,1H3/t13-,16+,17+,18+,19+,20+/m0/s1. The van der Waals surface area contributed by atoms with Crippen LogP contribution in [0, 0.1) is 11.8 Å². The lowest BCUT2D eigenvalue weighted by atomic mass is 9.55. The van der Waals surface area contributed by atoms with Crippen LogP contribution in [0.3, 0.4) is 0 Å². The van der Waals surface area contributed by atoms with Gasteiger partial charge in [-0.15, -0.1) is 0 Å². The van der Waals surface area contributed by atoms with Gasteiger partial charge in [-0.3, -0.25) is 4.90 Å². The molecule has 4 aliphatic heterocycles. The smallest absolute Gasteiger partial charge is 0.162 e. The van der Waals surface area contributed by atoms with Gasteiger partial charge in [-0.25, -0.2) is 0 Å². The van der Waals surface area contributed by atoms with Gasteiger partial charge in [-0.1, -0.05) is 29.8 Å². The van der Waals surface area contributed by atoms with Crippen molar-refractivity contribution in [2.24, 2.45) is 11.8 Å². The number of nitrogens with zero attached hydrogens (tertiary/aromatic N) is 1. The SMILES string of the molecule is CO[C@@H]1OCC=C2CN3CC[C@]45c6ccccc6N[C@@H]4[C@H]1[C@H]2C[C@@H]35. The second-order valence-electron chi connectivity index (χ2n) is 8.08. The molecule has 1 N–H and O–H groups in total. The highest BCUT2D eigenvalue weighted by molar-refractivity contribution is 5.65. The van der Waals surface area contributed by atoms with Crippen LogP contribution in [0.2, 0.25) is 0 Å². The lowest BCUT2D eigenvalue weighted by molar-refractivity contribution is -0.171. The summed E-state index contributed by atoms with van der Waals surface area (Å²) in [7, 11) is 1.81. The van der Waals surface area contributed by atoms with E-state index in [2.05, 4.69) is 40.6 Å². The predicted octanol–water partition coefficient (Wildman–Crippen LogP) is 2.37. The Hall–Kier alpha value is -1.36. The van der Waals surface area contributed by atoms with Gasteiger partial charge in [0.05, 0.1) is 6.61 Å². The number of methoxy groups -OCH3 is 1. The molecule has 4 nitrogen and oxygen atoms in total. The Morgan fingerprint density at radius 2 is 2.25 bits per heavy atom. The van der Waals surface area contributed by atoms with Crippen LogP contribution in [-0.2, 0) is 14.9 Å². The molecule has 0 aromatic heterocycles. The molecule has 4 heteroatoms. The molecule has 4 heterocycles. The summed E-state index contributed by atoms with van der Waals surface area (Å²) in [6.07, 6.45) is 4.73. The normalized spacial score (nSPS) is 45.0. The number of benzene rings is 1. The molecule has 126 valence electrons. The minimum Gasteiger partial charge on any atom is -0.381 e. The van der Waals surface area contributed by atoms with E-state index in [-0.39, 0.29) is 11.7 Å². The van der Waals surface area contributed by atoms with Crippen LogP contribution < -0.4 is 5.32 Å². The molecule has 0 radical (unpaired) electrons. The van der Waals surface area contributed by atoms with Crippen molar-refractivity contribution in [2.75, 3.05) is 32.1 Å². The monoisotopic (exact) mass is 324 g/mol. The first-order valence-electron chi connectivity index (χ1n) is 9.26. The first kappa shape index (κ1) is 13.9. The Bertz CT molecular complexity index is 732. The molecule has 6 rings (SSSR count). The fraction of sp³-hybridized carbons (Fsp3) is 0.600. The molecule has 2 bridgehead atoms. The number of rotatable bonds is 1. The van der Waals surface area contributed by atoms with E-state index in [0.717, 1.165) is 6.54 Å². The molecule has 1 aromatic rings. The van der Waals surface area contributed by atoms with Crippen LogP contribution in [-0.4, -0.2) is 50.1 Å². The number of hydrogen-bond acceptors (Lipinski definition) is 4. The summed E-state index contributed by atoms with van der Waals surface area (Å²) in [6, 6.07) is 10.0. The largest absolute Gasteiger partial charge is 0.381 e. The van der Waals surface area contributed by atoms with Crippen LogP contribution in [0.25, 0.3) is 0 Å². The van der Waals surface area contributed by atoms with Crippen molar-refractivity contribution in [3.63, 3.8) is 0 Å². The van der Waals surface area contributed by atoms with Gasteiger partial charge >= 0.3 is 0 Å². The van der Waals surface area contributed by atoms with E-state index in [0.29, 0.717) is 30.5 Å². The highest BCUT2D eigenvalue weighted by Crippen LogP contribution is 2.62. The van der Waals surface area contributed by atoms with Gasteiger partial charge in [-0.2, -0.15) is 0 Å². The second-order valence-corrected chi connectivity index (χ2v) is 8.08. The van der Waals surface area contributed by atoms with E-state index in [1.165, 1.54) is 30.6 Å². The molecule has 1 aliphatic carbocycles. The number of para-hydroxylation sites is 1. The van der Waals surface area contributed by atoms with Crippen LogP contribution in [0.15, 0.2) is 35.9 Å². The molecule has 0 unspecified atom stereocenters. The quantitative estimate of drug-likeness (QED) is 0.804. The molecular weight excluding hydrogens is 300 g/mol. The average molecular weight is 324 g/mol. The molecule has 5 aliphatic rings. The number of piperidine rings is 1. The lowest BCUT2D eigenvalue weighted by Crippen LogP contribution is -2.64. The summed E-state index contributed by atoms with van der Waals surface area (Å²) in [5.74, 6) is 0.990. The molecule has 1 spiro atoms.